The molecule has 0 heterocycles. The van der Waals surface area contributed by atoms with Crippen molar-refractivity contribution in [2.75, 3.05) is 5.32 Å². The summed E-state index contributed by atoms with van der Waals surface area (Å²) in [6.07, 6.45) is 0. The van der Waals surface area contributed by atoms with Gasteiger partial charge in [-0.1, -0.05) is 35.9 Å². The number of nitrogens with zero attached hydrogens (tertiary/aromatic N) is 1. The molecular formula is C18H13ClN2O3. The van der Waals surface area contributed by atoms with E-state index in [-0.39, 0.29) is 11.6 Å². The fraction of sp³-hybridized carbons (Fsp3) is 0.0556. The molecule has 0 saturated carbocycles. The molecule has 3 rings (SSSR count). The molecule has 1 N–H and O–H groups in total. The number of fused-ring (bicyclic) bond motifs is 1. The number of rotatable bonds is 3. The maximum absolute atomic E-state index is 12.6. The van der Waals surface area contributed by atoms with E-state index in [9.17, 15) is 14.9 Å². The van der Waals surface area contributed by atoms with Gasteiger partial charge in [0.25, 0.3) is 11.6 Å². The minimum absolute atomic E-state index is 0.0116. The van der Waals surface area contributed by atoms with E-state index in [1.54, 1.807) is 31.2 Å². The van der Waals surface area contributed by atoms with E-state index in [0.717, 1.165) is 10.8 Å². The number of benzene rings is 3. The third-order valence-corrected chi connectivity index (χ3v) is 4.11. The van der Waals surface area contributed by atoms with Crippen LogP contribution in [0.3, 0.4) is 0 Å². The van der Waals surface area contributed by atoms with Crippen LogP contribution < -0.4 is 5.32 Å². The average Bonchev–Trinajstić information content (AvgIpc) is 2.56. The van der Waals surface area contributed by atoms with Gasteiger partial charge in [-0.05, 0) is 36.1 Å². The zero-order valence-electron chi connectivity index (χ0n) is 12.7. The molecule has 1 amide bonds. The monoisotopic (exact) mass is 340 g/mol. The third-order valence-electron chi connectivity index (χ3n) is 3.78. The van der Waals surface area contributed by atoms with Crippen LogP contribution in [-0.4, -0.2) is 10.8 Å². The Hall–Kier alpha value is -2.92. The van der Waals surface area contributed by atoms with E-state index in [4.69, 9.17) is 11.6 Å². The molecule has 0 aliphatic rings. The van der Waals surface area contributed by atoms with Gasteiger partial charge in [0, 0.05) is 33.8 Å². The molecule has 0 bridgehead atoms. The molecular weight excluding hydrogens is 328 g/mol. The van der Waals surface area contributed by atoms with Crippen molar-refractivity contribution in [1.82, 2.24) is 0 Å². The van der Waals surface area contributed by atoms with Crippen molar-refractivity contribution in [1.29, 1.82) is 0 Å². The van der Waals surface area contributed by atoms with Crippen LogP contribution in [0.25, 0.3) is 10.8 Å². The van der Waals surface area contributed by atoms with Crippen LogP contribution in [-0.2, 0) is 0 Å². The highest BCUT2D eigenvalue weighted by atomic mass is 35.5. The Morgan fingerprint density at radius 3 is 2.50 bits per heavy atom. The van der Waals surface area contributed by atoms with Crippen molar-refractivity contribution >= 4 is 39.7 Å². The van der Waals surface area contributed by atoms with Gasteiger partial charge in [0.15, 0.2) is 0 Å². The number of halogens is 1. The van der Waals surface area contributed by atoms with Crippen LogP contribution in [0.4, 0.5) is 11.4 Å². The Labute approximate surface area is 143 Å². The molecule has 0 unspecified atom stereocenters. The molecule has 0 aromatic heterocycles. The number of non-ortho nitro benzene ring substituents is 1. The zero-order valence-corrected chi connectivity index (χ0v) is 13.5. The highest BCUT2D eigenvalue weighted by Gasteiger charge is 2.14. The molecule has 120 valence electrons. The molecule has 0 saturated heterocycles. The fourth-order valence-electron chi connectivity index (χ4n) is 2.56. The number of carbonyl (C=O) groups excluding carboxylic acids is 1. The quantitative estimate of drug-likeness (QED) is 0.541. The summed E-state index contributed by atoms with van der Waals surface area (Å²) in [5.74, 6) is -0.292. The van der Waals surface area contributed by atoms with Crippen molar-refractivity contribution in [3.8, 4) is 0 Å². The summed E-state index contributed by atoms with van der Waals surface area (Å²) in [7, 11) is 0. The third kappa shape index (κ3) is 2.94. The number of anilines is 1. The lowest BCUT2D eigenvalue weighted by atomic mass is 10.0. The second kappa shape index (κ2) is 6.29. The van der Waals surface area contributed by atoms with Gasteiger partial charge in [0.1, 0.15) is 0 Å². The molecule has 5 nitrogen and oxygen atoms in total. The van der Waals surface area contributed by atoms with Crippen molar-refractivity contribution in [2.24, 2.45) is 0 Å². The molecule has 0 aliphatic heterocycles. The number of nitrogens with one attached hydrogen (secondary N) is 1. The van der Waals surface area contributed by atoms with E-state index in [2.05, 4.69) is 5.32 Å². The minimum Gasteiger partial charge on any atom is -0.322 e. The van der Waals surface area contributed by atoms with Crippen molar-refractivity contribution in [3.63, 3.8) is 0 Å². The van der Waals surface area contributed by atoms with Gasteiger partial charge >= 0.3 is 0 Å². The van der Waals surface area contributed by atoms with Gasteiger partial charge in [-0.15, -0.1) is 0 Å². The molecule has 0 aliphatic carbocycles. The second-order valence-corrected chi connectivity index (χ2v) is 5.76. The van der Waals surface area contributed by atoms with Crippen LogP contribution in [0, 0.1) is 17.0 Å². The Morgan fingerprint density at radius 1 is 1.08 bits per heavy atom. The molecule has 0 radical (unpaired) electrons. The minimum atomic E-state index is -0.467. The van der Waals surface area contributed by atoms with Gasteiger partial charge < -0.3 is 5.32 Å². The summed E-state index contributed by atoms with van der Waals surface area (Å²) in [4.78, 5) is 22.9. The van der Waals surface area contributed by atoms with E-state index < -0.39 is 4.92 Å². The summed E-state index contributed by atoms with van der Waals surface area (Å²) in [6.45, 7) is 1.71. The van der Waals surface area contributed by atoms with Crippen LogP contribution in [0.1, 0.15) is 15.9 Å². The SMILES string of the molecule is Cc1cc([N+](=O)[O-])ccc1NC(=O)c1cccc2c(Cl)cccc12. The lowest BCUT2D eigenvalue weighted by molar-refractivity contribution is -0.384. The van der Waals surface area contributed by atoms with E-state index >= 15 is 0 Å². The first-order valence-corrected chi connectivity index (χ1v) is 7.59. The Kier molecular flexibility index (Phi) is 4.18. The topological polar surface area (TPSA) is 72.2 Å². The van der Waals surface area contributed by atoms with Gasteiger partial charge in [-0.25, -0.2) is 0 Å². The first-order valence-electron chi connectivity index (χ1n) is 7.21. The van der Waals surface area contributed by atoms with Crippen molar-refractivity contribution < 1.29 is 9.72 Å². The van der Waals surface area contributed by atoms with Crippen molar-refractivity contribution in [2.45, 2.75) is 6.92 Å². The maximum atomic E-state index is 12.6. The predicted octanol–water partition coefficient (Wildman–Crippen LogP) is 4.96. The van der Waals surface area contributed by atoms with Gasteiger partial charge in [-0.3, -0.25) is 14.9 Å². The smallest absolute Gasteiger partial charge is 0.269 e. The highest BCUT2D eigenvalue weighted by Crippen LogP contribution is 2.27. The van der Waals surface area contributed by atoms with Crippen LogP contribution in [0.5, 0.6) is 0 Å². The summed E-state index contributed by atoms with van der Waals surface area (Å²) >= 11 is 6.17. The number of amides is 1. The molecule has 0 spiro atoms. The van der Waals surface area contributed by atoms with Crippen LogP contribution in [0.15, 0.2) is 54.6 Å². The first-order chi connectivity index (χ1) is 11.5. The fourth-order valence-corrected chi connectivity index (χ4v) is 2.80. The number of nitro benzene ring substituents is 1. The van der Waals surface area contributed by atoms with E-state index in [1.807, 2.05) is 12.1 Å². The average molecular weight is 341 g/mol. The zero-order chi connectivity index (χ0) is 17.3. The lowest BCUT2D eigenvalue weighted by Gasteiger charge is -2.10. The number of nitro groups is 1. The van der Waals surface area contributed by atoms with Crippen LogP contribution in [0.2, 0.25) is 5.02 Å². The largest absolute Gasteiger partial charge is 0.322 e. The second-order valence-electron chi connectivity index (χ2n) is 5.35. The van der Waals surface area contributed by atoms with E-state index in [1.165, 1.54) is 18.2 Å². The maximum Gasteiger partial charge on any atom is 0.269 e. The summed E-state index contributed by atoms with van der Waals surface area (Å²) < 4.78 is 0. The number of carbonyl (C=O) groups is 1. The summed E-state index contributed by atoms with van der Waals surface area (Å²) in [5.41, 5.74) is 1.63. The molecule has 3 aromatic carbocycles. The summed E-state index contributed by atoms with van der Waals surface area (Å²) in [5, 5.41) is 15.7. The molecule has 0 fully saturated rings. The number of hydrogen-bond acceptors (Lipinski definition) is 3. The van der Waals surface area contributed by atoms with Crippen molar-refractivity contribution in [3.05, 3.63) is 80.9 Å². The normalized spacial score (nSPS) is 10.6. The lowest BCUT2D eigenvalue weighted by Crippen LogP contribution is -2.13. The molecule has 24 heavy (non-hydrogen) atoms. The van der Waals surface area contributed by atoms with E-state index in [0.29, 0.717) is 21.8 Å². The standard InChI is InChI=1S/C18H13ClN2O3/c1-11-10-12(21(23)24)8-9-17(11)20-18(22)15-6-2-5-14-13(15)4-3-7-16(14)19/h2-10H,1H3,(H,20,22). The molecule has 6 heteroatoms. The molecule has 0 atom stereocenters. The number of hydrogen-bond donors (Lipinski definition) is 1. The Balaban J connectivity index is 1.97. The Bertz CT molecular complexity index is 970. The van der Waals surface area contributed by atoms with Crippen LogP contribution >= 0.6 is 11.6 Å². The van der Waals surface area contributed by atoms with Gasteiger partial charge in [-0.2, -0.15) is 0 Å². The first kappa shape index (κ1) is 16.0. The molecule has 3 aromatic rings. The Morgan fingerprint density at radius 2 is 1.79 bits per heavy atom. The highest BCUT2D eigenvalue weighted by molar-refractivity contribution is 6.36. The summed E-state index contributed by atoms with van der Waals surface area (Å²) in [6, 6.07) is 15.1. The number of aryl methyl sites for hydroxylation is 1. The predicted molar refractivity (Wildman–Crippen MR) is 94.7 cm³/mol. The van der Waals surface area contributed by atoms with Gasteiger partial charge in [0.2, 0.25) is 0 Å². The van der Waals surface area contributed by atoms with Gasteiger partial charge in [0.05, 0.1) is 4.92 Å².